The first kappa shape index (κ1) is 13.5. The van der Waals surface area contributed by atoms with Gasteiger partial charge in [0.25, 0.3) is 0 Å². The molecule has 0 aliphatic heterocycles. The van der Waals surface area contributed by atoms with E-state index in [4.69, 9.17) is 10.9 Å². The Balaban J connectivity index is 2.43. The van der Waals surface area contributed by atoms with E-state index in [9.17, 15) is 8.42 Å². The Hall–Kier alpha value is -0.540. The van der Waals surface area contributed by atoms with Gasteiger partial charge in [0.1, 0.15) is 0 Å². The van der Waals surface area contributed by atoms with Gasteiger partial charge < -0.3 is 11.1 Å². The van der Waals surface area contributed by atoms with Crippen LogP contribution in [0.1, 0.15) is 6.42 Å². The van der Waals surface area contributed by atoms with Gasteiger partial charge in [-0.15, -0.1) is 0 Å². The van der Waals surface area contributed by atoms with Crippen LogP contribution in [0.2, 0.25) is 0 Å². The fraction of sp³-hybridized carbons (Fsp3) is 0.333. The molecule has 1 aromatic rings. The van der Waals surface area contributed by atoms with Crippen molar-refractivity contribution < 1.29 is 8.42 Å². The van der Waals surface area contributed by atoms with Gasteiger partial charge in [-0.1, -0.05) is 0 Å². The highest BCUT2D eigenvalue weighted by molar-refractivity contribution is 14.1. The molecule has 0 amide bonds. The molecule has 0 saturated carbocycles. The Labute approximate surface area is 109 Å². The third-order valence-electron chi connectivity index (χ3n) is 1.91. The molecule has 90 valence electrons. The van der Waals surface area contributed by atoms with Gasteiger partial charge in [-0.2, -0.15) is 0 Å². The summed E-state index contributed by atoms with van der Waals surface area (Å²) in [6.07, 6.45) is 0.485. The molecule has 1 rings (SSSR count). The van der Waals surface area contributed by atoms with Crippen LogP contribution in [0.25, 0.3) is 0 Å². The number of rotatable bonds is 5. The van der Waals surface area contributed by atoms with Gasteiger partial charge in [0.2, 0.25) is 10.0 Å². The predicted octanol–water partition coefficient (Wildman–Crippen LogP) is 0.964. The molecular weight excluding hydrogens is 341 g/mol. The lowest BCUT2D eigenvalue weighted by Crippen LogP contribution is -2.18. The van der Waals surface area contributed by atoms with Gasteiger partial charge in [-0.05, 0) is 47.2 Å². The summed E-state index contributed by atoms with van der Waals surface area (Å²) < 4.78 is 22.4. The first-order valence-electron chi connectivity index (χ1n) is 4.68. The Morgan fingerprint density at radius 1 is 1.38 bits per heavy atom. The van der Waals surface area contributed by atoms with Gasteiger partial charge in [0, 0.05) is 21.5 Å². The monoisotopic (exact) mass is 355 g/mol. The lowest BCUT2D eigenvalue weighted by Gasteiger charge is -2.08. The molecule has 0 atom stereocenters. The van der Waals surface area contributed by atoms with Crippen LogP contribution in [0.4, 0.5) is 11.4 Å². The average molecular weight is 355 g/mol. The summed E-state index contributed by atoms with van der Waals surface area (Å²) in [5, 5.41) is 8.02. The SMILES string of the molecule is Nc1ccc(NCCCS(N)(=O)=O)c(I)c1. The van der Waals surface area contributed by atoms with Gasteiger partial charge in [-0.3, -0.25) is 0 Å². The van der Waals surface area contributed by atoms with E-state index in [0.29, 0.717) is 18.7 Å². The number of hydrogen-bond donors (Lipinski definition) is 3. The summed E-state index contributed by atoms with van der Waals surface area (Å²) >= 11 is 2.17. The number of sulfonamides is 1. The minimum absolute atomic E-state index is 0.00838. The molecule has 0 bridgehead atoms. The fourth-order valence-corrected chi connectivity index (χ4v) is 2.45. The van der Waals surface area contributed by atoms with Crippen molar-refractivity contribution in [3.05, 3.63) is 21.8 Å². The maximum absolute atomic E-state index is 10.7. The number of nitrogens with two attached hydrogens (primary N) is 2. The van der Waals surface area contributed by atoms with Crippen molar-refractivity contribution in [2.24, 2.45) is 5.14 Å². The van der Waals surface area contributed by atoms with Gasteiger partial charge in [0.15, 0.2) is 0 Å². The van der Waals surface area contributed by atoms with Crippen LogP contribution in [-0.4, -0.2) is 20.7 Å². The molecule has 0 aromatic heterocycles. The average Bonchev–Trinajstić information content (AvgIpc) is 2.13. The second-order valence-corrected chi connectivity index (χ2v) is 6.28. The number of halogens is 1. The molecule has 16 heavy (non-hydrogen) atoms. The number of nitrogens with one attached hydrogen (secondary N) is 1. The quantitative estimate of drug-likeness (QED) is 0.416. The standard InChI is InChI=1S/C9H14IN3O2S/c10-8-6-7(11)2-3-9(8)13-4-1-5-16(12,14)15/h2-3,6,13H,1,4-5,11H2,(H2,12,14,15). The molecule has 0 saturated heterocycles. The van der Waals surface area contributed by atoms with E-state index in [1.165, 1.54) is 0 Å². The molecule has 5 N–H and O–H groups in total. The zero-order valence-electron chi connectivity index (χ0n) is 8.61. The third kappa shape index (κ3) is 4.99. The van der Waals surface area contributed by atoms with Crippen LogP contribution in [0.5, 0.6) is 0 Å². The summed E-state index contributed by atoms with van der Waals surface area (Å²) in [6, 6.07) is 5.51. The van der Waals surface area contributed by atoms with Crippen molar-refractivity contribution in [3.8, 4) is 0 Å². The second-order valence-electron chi connectivity index (χ2n) is 3.39. The van der Waals surface area contributed by atoms with Crippen molar-refractivity contribution in [3.63, 3.8) is 0 Å². The molecule has 1 aromatic carbocycles. The van der Waals surface area contributed by atoms with Crippen LogP contribution >= 0.6 is 22.6 Å². The van der Waals surface area contributed by atoms with E-state index >= 15 is 0 Å². The van der Waals surface area contributed by atoms with Gasteiger partial charge in [0.05, 0.1) is 5.75 Å². The maximum Gasteiger partial charge on any atom is 0.209 e. The lowest BCUT2D eigenvalue weighted by molar-refractivity contribution is 0.596. The number of hydrogen-bond acceptors (Lipinski definition) is 4. The number of nitrogen functional groups attached to an aromatic ring is 1. The van der Waals surface area contributed by atoms with Crippen LogP contribution in [0.3, 0.4) is 0 Å². The Morgan fingerprint density at radius 2 is 2.06 bits per heavy atom. The highest BCUT2D eigenvalue weighted by Gasteiger charge is 2.03. The number of primary sulfonamides is 1. The van der Waals surface area contributed by atoms with Crippen molar-refractivity contribution in [2.75, 3.05) is 23.3 Å². The van der Waals surface area contributed by atoms with E-state index in [1.54, 1.807) is 6.07 Å². The molecule has 0 spiro atoms. The molecule has 0 aliphatic carbocycles. The topological polar surface area (TPSA) is 98.2 Å². The van der Waals surface area contributed by atoms with E-state index in [1.807, 2.05) is 12.1 Å². The number of benzene rings is 1. The molecule has 0 aliphatic rings. The molecule has 5 nitrogen and oxygen atoms in total. The molecule has 7 heteroatoms. The summed E-state index contributed by atoms with van der Waals surface area (Å²) in [5.41, 5.74) is 7.27. The van der Waals surface area contributed by atoms with Crippen LogP contribution in [0, 0.1) is 3.57 Å². The molecule has 0 fully saturated rings. The van der Waals surface area contributed by atoms with E-state index < -0.39 is 10.0 Å². The normalized spacial score (nSPS) is 11.4. The molecular formula is C9H14IN3O2S. The fourth-order valence-electron chi connectivity index (χ4n) is 1.17. The largest absolute Gasteiger partial charge is 0.399 e. The van der Waals surface area contributed by atoms with Crippen LogP contribution in [-0.2, 0) is 10.0 Å². The Kier molecular flexibility index (Phi) is 4.81. The summed E-state index contributed by atoms with van der Waals surface area (Å²) in [7, 11) is -3.36. The first-order valence-corrected chi connectivity index (χ1v) is 7.47. The summed E-state index contributed by atoms with van der Waals surface area (Å²) in [6.45, 7) is 0.566. The predicted molar refractivity (Wildman–Crippen MR) is 74.7 cm³/mol. The third-order valence-corrected chi connectivity index (χ3v) is 3.66. The van der Waals surface area contributed by atoms with Crippen molar-refractivity contribution >= 4 is 44.0 Å². The van der Waals surface area contributed by atoms with Crippen molar-refractivity contribution in [2.45, 2.75) is 6.42 Å². The highest BCUT2D eigenvalue weighted by Crippen LogP contribution is 2.20. The van der Waals surface area contributed by atoms with Crippen molar-refractivity contribution in [1.82, 2.24) is 0 Å². The second kappa shape index (κ2) is 5.69. The highest BCUT2D eigenvalue weighted by atomic mass is 127. The zero-order valence-corrected chi connectivity index (χ0v) is 11.6. The maximum atomic E-state index is 10.7. The number of anilines is 2. The van der Waals surface area contributed by atoms with Gasteiger partial charge >= 0.3 is 0 Å². The van der Waals surface area contributed by atoms with E-state index in [-0.39, 0.29) is 5.75 Å². The zero-order chi connectivity index (χ0) is 12.2. The molecule has 0 unspecified atom stereocenters. The Bertz CT molecular complexity index is 462. The van der Waals surface area contributed by atoms with Crippen LogP contribution < -0.4 is 16.2 Å². The summed E-state index contributed by atoms with van der Waals surface area (Å²) in [5.74, 6) is -0.00838. The lowest BCUT2D eigenvalue weighted by atomic mass is 10.3. The van der Waals surface area contributed by atoms with Gasteiger partial charge in [-0.25, -0.2) is 13.6 Å². The molecule has 0 heterocycles. The Morgan fingerprint density at radius 3 is 2.62 bits per heavy atom. The summed E-state index contributed by atoms with van der Waals surface area (Å²) in [4.78, 5) is 0. The first-order chi connectivity index (χ1) is 7.38. The minimum atomic E-state index is -3.36. The van der Waals surface area contributed by atoms with E-state index in [2.05, 4.69) is 27.9 Å². The molecule has 0 radical (unpaired) electrons. The van der Waals surface area contributed by atoms with Crippen molar-refractivity contribution in [1.29, 1.82) is 0 Å². The van der Waals surface area contributed by atoms with E-state index in [0.717, 1.165) is 9.26 Å². The minimum Gasteiger partial charge on any atom is -0.399 e. The van der Waals surface area contributed by atoms with Crippen LogP contribution in [0.15, 0.2) is 18.2 Å². The smallest absolute Gasteiger partial charge is 0.209 e.